The number of aromatic nitrogens is 2. The van der Waals surface area contributed by atoms with Gasteiger partial charge >= 0.3 is 0 Å². The Morgan fingerprint density at radius 1 is 1.20 bits per heavy atom. The molecule has 0 amide bonds. The standard InChI is InChI=1S/C19H25N3O3/c1-23-16-4-2-3-14(11-16)17-12-20-19(21-17)18-13-25-10-7-22(18)15-5-8-24-9-6-15/h2-4,11-12,15,18H,5-10,13H2,1H3,(H,20,21). The molecule has 0 spiro atoms. The normalized spacial score (nSPS) is 22.8. The van der Waals surface area contributed by atoms with Gasteiger partial charge in [0.1, 0.15) is 11.6 Å². The number of hydrogen-bond acceptors (Lipinski definition) is 5. The van der Waals surface area contributed by atoms with Crippen LogP contribution in [-0.2, 0) is 9.47 Å². The molecule has 2 aromatic rings. The average molecular weight is 343 g/mol. The van der Waals surface area contributed by atoms with Crippen LogP contribution in [-0.4, -0.2) is 61.0 Å². The number of nitrogens with one attached hydrogen (secondary N) is 1. The average Bonchev–Trinajstić information content (AvgIpc) is 3.19. The van der Waals surface area contributed by atoms with Gasteiger partial charge in [0, 0.05) is 31.4 Å². The molecule has 0 bridgehead atoms. The van der Waals surface area contributed by atoms with E-state index in [0.717, 1.165) is 62.0 Å². The first-order valence-corrected chi connectivity index (χ1v) is 8.95. The fraction of sp³-hybridized carbons (Fsp3) is 0.526. The van der Waals surface area contributed by atoms with E-state index in [1.807, 2.05) is 24.4 Å². The fourth-order valence-electron chi connectivity index (χ4n) is 3.75. The molecular formula is C19H25N3O3. The van der Waals surface area contributed by atoms with Crippen molar-refractivity contribution in [1.29, 1.82) is 0 Å². The second-order valence-electron chi connectivity index (χ2n) is 6.59. The van der Waals surface area contributed by atoms with Crippen LogP contribution >= 0.6 is 0 Å². The Bertz CT molecular complexity index is 697. The van der Waals surface area contributed by atoms with Gasteiger partial charge in [-0.05, 0) is 25.0 Å². The summed E-state index contributed by atoms with van der Waals surface area (Å²) in [5.74, 6) is 1.82. The summed E-state index contributed by atoms with van der Waals surface area (Å²) in [6.45, 7) is 4.12. The molecule has 2 aliphatic rings. The zero-order valence-corrected chi connectivity index (χ0v) is 14.6. The first-order valence-electron chi connectivity index (χ1n) is 8.95. The molecule has 2 fully saturated rings. The number of rotatable bonds is 4. The van der Waals surface area contributed by atoms with Gasteiger partial charge in [0.05, 0.1) is 38.3 Å². The summed E-state index contributed by atoms with van der Waals surface area (Å²) < 4.78 is 16.6. The number of H-pyrrole nitrogens is 1. The highest BCUT2D eigenvalue weighted by Gasteiger charge is 2.33. The van der Waals surface area contributed by atoms with E-state index < -0.39 is 0 Å². The molecule has 1 atom stereocenters. The number of methoxy groups -OCH3 is 1. The van der Waals surface area contributed by atoms with Gasteiger partial charge in [0.25, 0.3) is 0 Å². The predicted octanol–water partition coefficient (Wildman–Crippen LogP) is 2.64. The van der Waals surface area contributed by atoms with E-state index in [0.29, 0.717) is 12.6 Å². The Balaban J connectivity index is 1.56. The number of nitrogens with zero attached hydrogens (tertiary/aromatic N) is 2. The zero-order valence-electron chi connectivity index (χ0n) is 14.6. The molecule has 1 aromatic heterocycles. The van der Waals surface area contributed by atoms with E-state index in [1.165, 1.54) is 0 Å². The third-order valence-electron chi connectivity index (χ3n) is 5.12. The Morgan fingerprint density at radius 3 is 2.92 bits per heavy atom. The van der Waals surface area contributed by atoms with Crippen molar-refractivity contribution in [2.75, 3.05) is 40.1 Å². The van der Waals surface area contributed by atoms with Gasteiger partial charge in [-0.1, -0.05) is 12.1 Å². The molecule has 6 nitrogen and oxygen atoms in total. The largest absolute Gasteiger partial charge is 0.497 e. The van der Waals surface area contributed by atoms with Crippen LogP contribution in [0.2, 0.25) is 0 Å². The summed E-state index contributed by atoms with van der Waals surface area (Å²) >= 11 is 0. The number of morpholine rings is 1. The summed E-state index contributed by atoms with van der Waals surface area (Å²) in [4.78, 5) is 10.7. The second kappa shape index (κ2) is 7.56. The van der Waals surface area contributed by atoms with Crippen LogP contribution in [0.5, 0.6) is 5.75 Å². The van der Waals surface area contributed by atoms with Crippen molar-refractivity contribution in [3.05, 3.63) is 36.3 Å². The van der Waals surface area contributed by atoms with Crippen molar-refractivity contribution >= 4 is 0 Å². The highest BCUT2D eigenvalue weighted by Crippen LogP contribution is 2.30. The van der Waals surface area contributed by atoms with Crippen LogP contribution in [0.3, 0.4) is 0 Å². The van der Waals surface area contributed by atoms with Crippen molar-refractivity contribution in [2.45, 2.75) is 24.9 Å². The van der Waals surface area contributed by atoms with Crippen LogP contribution in [0.25, 0.3) is 11.3 Å². The van der Waals surface area contributed by atoms with Gasteiger partial charge in [0.15, 0.2) is 0 Å². The van der Waals surface area contributed by atoms with Crippen LogP contribution in [0.4, 0.5) is 0 Å². The lowest BCUT2D eigenvalue weighted by Crippen LogP contribution is -2.48. The molecule has 1 N–H and O–H groups in total. The molecule has 4 rings (SSSR count). The molecule has 0 aliphatic carbocycles. The van der Waals surface area contributed by atoms with Gasteiger partial charge in [0.2, 0.25) is 0 Å². The molecule has 2 aliphatic heterocycles. The molecule has 1 unspecified atom stereocenters. The van der Waals surface area contributed by atoms with Crippen LogP contribution in [0.1, 0.15) is 24.7 Å². The van der Waals surface area contributed by atoms with Gasteiger partial charge in [-0.3, -0.25) is 4.90 Å². The second-order valence-corrected chi connectivity index (χ2v) is 6.59. The van der Waals surface area contributed by atoms with Crippen molar-refractivity contribution < 1.29 is 14.2 Å². The SMILES string of the molecule is COc1cccc(-c2cnc(C3COCCN3C3CCOCC3)[nH]2)c1. The van der Waals surface area contributed by atoms with Gasteiger partial charge < -0.3 is 19.2 Å². The Labute approximate surface area is 148 Å². The van der Waals surface area contributed by atoms with Crippen molar-refractivity contribution in [3.8, 4) is 17.0 Å². The highest BCUT2D eigenvalue weighted by molar-refractivity contribution is 5.60. The summed E-state index contributed by atoms with van der Waals surface area (Å²) in [5, 5.41) is 0. The first kappa shape index (κ1) is 16.6. The van der Waals surface area contributed by atoms with E-state index >= 15 is 0 Å². The lowest BCUT2D eigenvalue weighted by atomic mass is 10.0. The molecule has 1 aromatic carbocycles. The van der Waals surface area contributed by atoms with Crippen molar-refractivity contribution in [3.63, 3.8) is 0 Å². The lowest BCUT2D eigenvalue weighted by molar-refractivity contribution is -0.0589. The maximum atomic E-state index is 5.76. The van der Waals surface area contributed by atoms with E-state index in [9.17, 15) is 0 Å². The van der Waals surface area contributed by atoms with Crippen LogP contribution in [0, 0.1) is 0 Å². The van der Waals surface area contributed by atoms with Gasteiger partial charge in [-0.15, -0.1) is 0 Å². The molecular weight excluding hydrogens is 318 g/mol. The van der Waals surface area contributed by atoms with E-state index in [-0.39, 0.29) is 6.04 Å². The smallest absolute Gasteiger partial charge is 0.126 e. The summed E-state index contributed by atoms with van der Waals surface area (Å²) in [6, 6.07) is 8.75. The van der Waals surface area contributed by atoms with Crippen LogP contribution in [0.15, 0.2) is 30.5 Å². The zero-order chi connectivity index (χ0) is 17.1. The van der Waals surface area contributed by atoms with Gasteiger partial charge in [-0.25, -0.2) is 4.98 Å². The number of ether oxygens (including phenoxy) is 3. The number of aromatic amines is 1. The monoisotopic (exact) mass is 343 g/mol. The summed E-state index contributed by atoms with van der Waals surface area (Å²) in [5.41, 5.74) is 2.08. The van der Waals surface area contributed by atoms with Crippen molar-refractivity contribution in [2.24, 2.45) is 0 Å². The molecule has 3 heterocycles. The van der Waals surface area contributed by atoms with Crippen LogP contribution < -0.4 is 4.74 Å². The maximum Gasteiger partial charge on any atom is 0.126 e. The number of imidazole rings is 1. The summed E-state index contributed by atoms with van der Waals surface area (Å²) in [6.07, 6.45) is 4.07. The maximum absolute atomic E-state index is 5.76. The molecule has 2 saturated heterocycles. The predicted molar refractivity (Wildman–Crippen MR) is 94.7 cm³/mol. The molecule has 0 saturated carbocycles. The molecule has 25 heavy (non-hydrogen) atoms. The summed E-state index contributed by atoms with van der Waals surface area (Å²) in [7, 11) is 1.68. The minimum atomic E-state index is 0.177. The Hall–Kier alpha value is -1.89. The third-order valence-corrected chi connectivity index (χ3v) is 5.12. The quantitative estimate of drug-likeness (QED) is 0.925. The lowest BCUT2D eigenvalue weighted by Gasteiger charge is -2.41. The highest BCUT2D eigenvalue weighted by atomic mass is 16.5. The van der Waals surface area contributed by atoms with E-state index in [1.54, 1.807) is 7.11 Å². The van der Waals surface area contributed by atoms with Gasteiger partial charge in [-0.2, -0.15) is 0 Å². The number of benzene rings is 1. The topological polar surface area (TPSA) is 59.6 Å². The minimum Gasteiger partial charge on any atom is -0.497 e. The molecule has 0 radical (unpaired) electrons. The first-order chi connectivity index (χ1) is 12.3. The third kappa shape index (κ3) is 3.56. The van der Waals surface area contributed by atoms with Crippen molar-refractivity contribution in [1.82, 2.24) is 14.9 Å². The Kier molecular flexibility index (Phi) is 5.01. The van der Waals surface area contributed by atoms with E-state index in [2.05, 4.69) is 20.9 Å². The number of hydrogen-bond donors (Lipinski definition) is 1. The fourth-order valence-corrected chi connectivity index (χ4v) is 3.75. The van der Waals surface area contributed by atoms with E-state index in [4.69, 9.17) is 14.2 Å². The molecule has 134 valence electrons. The minimum absolute atomic E-state index is 0.177. The molecule has 6 heteroatoms. The Morgan fingerprint density at radius 2 is 2.08 bits per heavy atom.